The first-order valence-corrected chi connectivity index (χ1v) is 8.98. The van der Waals surface area contributed by atoms with Gasteiger partial charge in [-0.05, 0) is 50.5 Å². The average Bonchev–Trinajstić information content (AvgIpc) is 2.87. The lowest BCUT2D eigenvalue weighted by molar-refractivity contribution is 0.615. The number of aryl methyl sites for hydroxylation is 3. The Morgan fingerprint density at radius 1 is 0.923 bits per heavy atom. The van der Waals surface area contributed by atoms with Crippen molar-refractivity contribution in [2.45, 2.75) is 47.3 Å². The number of rotatable bonds is 6. The Kier molecular flexibility index (Phi) is 5.52. The Hall–Kier alpha value is -2.46. The van der Waals surface area contributed by atoms with Crippen LogP contribution in [-0.4, -0.2) is 9.78 Å². The third kappa shape index (κ3) is 4.20. The van der Waals surface area contributed by atoms with Crippen molar-refractivity contribution in [3.8, 4) is 0 Å². The lowest BCUT2D eigenvalue weighted by Gasteiger charge is -2.08. The van der Waals surface area contributed by atoms with Gasteiger partial charge in [0, 0.05) is 24.3 Å². The van der Waals surface area contributed by atoms with Crippen molar-refractivity contribution < 1.29 is 4.39 Å². The van der Waals surface area contributed by atoms with Crippen LogP contribution in [0.3, 0.4) is 0 Å². The minimum atomic E-state index is -0.155. The van der Waals surface area contributed by atoms with E-state index in [2.05, 4.69) is 55.0 Å². The van der Waals surface area contributed by atoms with Gasteiger partial charge in [0.15, 0.2) is 0 Å². The van der Waals surface area contributed by atoms with Gasteiger partial charge in [0.25, 0.3) is 0 Å². The highest BCUT2D eigenvalue weighted by molar-refractivity contribution is 5.28. The van der Waals surface area contributed by atoms with Crippen LogP contribution in [0.2, 0.25) is 0 Å². The minimum absolute atomic E-state index is 0.155. The Morgan fingerprint density at radius 3 is 2.31 bits per heavy atom. The highest BCUT2D eigenvalue weighted by Crippen LogP contribution is 2.16. The lowest BCUT2D eigenvalue weighted by atomic mass is 10.1. The molecule has 3 aromatic rings. The summed E-state index contributed by atoms with van der Waals surface area (Å²) in [7, 11) is 0. The average molecular weight is 351 g/mol. The molecule has 136 valence electrons. The fourth-order valence-electron chi connectivity index (χ4n) is 3.16. The Morgan fingerprint density at radius 2 is 1.62 bits per heavy atom. The van der Waals surface area contributed by atoms with E-state index in [0.717, 1.165) is 24.3 Å². The van der Waals surface area contributed by atoms with Gasteiger partial charge in [-0.2, -0.15) is 5.10 Å². The second-order valence-corrected chi connectivity index (χ2v) is 6.98. The molecule has 4 heteroatoms. The van der Waals surface area contributed by atoms with E-state index < -0.39 is 0 Å². The quantitative estimate of drug-likeness (QED) is 0.704. The van der Waals surface area contributed by atoms with E-state index in [-0.39, 0.29) is 5.82 Å². The SMILES string of the molecule is Cc1ccc(Cn2nc(C)c(CNCc3ccc(F)c(C)c3)c2C)cc1. The molecule has 0 aliphatic rings. The van der Waals surface area contributed by atoms with Crippen molar-refractivity contribution in [2.75, 3.05) is 0 Å². The molecule has 0 unspecified atom stereocenters. The maximum Gasteiger partial charge on any atom is 0.126 e. The van der Waals surface area contributed by atoms with Crippen molar-refractivity contribution >= 4 is 0 Å². The van der Waals surface area contributed by atoms with E-state index >= 15 is 0 Å². The molecule has 1 aromatic heterocycles. The number of hydrogen-bond acceptors (Lipinski definition) is 2. The van der Waals surface area contributed by atoms with Gasteiger partial charge < -0.3 is 5.32 Å². The van der Waals surface area contributed by atoms with Gasteiger partial charge in [0.1, 0.15) is 5.82 Å². The summed E-state index contributed by atoms with van der Waals surface area (Å²) in [4.78, 5) is 0. The molecule has 0 atom stereocenters. The van der Waals surface area contributed by atoms with Gasteiger partial charge >= 0.3 is 0 Å². The van der Waals surface area contributed by atoms with Crippen LogP contribution < -0.4 is 5.32 Å². The van der Waals surface area contributed by atoms with E-state index in [4.69, 9.17) is 5.10 Å². The van der Waals surface area contributed by atoms with Crippen molar-refractivity contribution in [2.24, 2.45) is 0 Å². The zero-order valence-corrected chi connectivity index (χ0v) is 15.9. The smallest absolute Gasteiger partial charge is 0.126 e. The van der Waals surface area contributed by atoms with Gasteiger partial charge in [0.2, 0.25) is 0 Å². The molecule has 0 bridgehead atoms. The van der Waals surface area contributed by atoms with Gasteiger partial charge in [-0.3, -0.25) is 4.68 Å². The number of hydrogen-bond donors (Lipinski definition) is 1. The molecule has 0 saturated heterocycles. The Bertz CT molecular complexity index is 894. The van der Waals surface area contributed by atoms with E-state index in [1.165, 1.54) is 28.5 Å². The second-order valence-electron chi connectivity index (χ2n) is 6.98. The zero-order chi connectivity index (χ0) is 18.7. The fourth-order valence-corrected chi connectivity index (χ4v) is 3.16. The van der Waals surface area contributed by atoms with Crippen molar-refractivity contribution in [1.82, 2.24) is 15.1 Å². The van der Waals surface area contributed by atoms with Crippen LogP contribution >= 0.6 is 0 Å². The van der Waals surface area contributed by atoms with Crippen LogP contribution in [-0.2, 0) is 19.6 Å². The second kappa shape index (κ2) is 7.83. The highest BCUT2D eigenvalue weighted by Gasteiger charge is 2.11. The number of halogens is 1. The zero-order valence-electron chi connectivity index (χ0n) is 15.9. The summed E-state index contributed by atoms with van der Waals surface area (Å²) in [5, 5.41) is 8.16. The first-order chi connectivity index (χ1) is 12.4. The summed E-state index contributed by atoms with van der Waals surface area (Å²) in [5.74, 6) is -0.155. The van der Waals surface area contributed by atoms with Crippen molar-refractivity contribution in [3.05, 3.63) is 87.5 Å². The van der Waals surface area contributed by atoms with Gasteiger partial charge in [0.05, 0.1) is 12.2 Å². The molecule has 0 fully saturated rings. The monoisotopic (exact) mass is 351 g/mol. The van der Waals surface area contributed by atoms with Crippen LogP contribution in [0.15, 0.2) is 42.5 Å². The molecular formula is C22H26FN3. The molecule has 0 radical (unpaired) electrons. The minimum Gasteiger partial charge on any atom is -0.308 e. The summed E-state index contributed by atoms with van der Waals surface area (Å²) in [6.45, 7) is 10.3. The molecule has 26 heavy (non-hydrogen) atoms. The van der Waals surface area contributed by atoms with Crippen LogP contribution in [0.1, 0.15) is 39.2 Å². The third-order valence-corrected chi connectivity index (χ3v) is 4.84. The van der Waals surface area contributed by atoms with Gasteiger partial charge in [-0.1, -0.05) is 42.0 Å². The molecule has 0 spiro atoms. The first-order valence-electron chi connectivity index (χ1n) is 8.98. The topological polar surface area (TPSA) is 29.9 Å². The number of benzene rings is 2. The lowest BCUT2D eigenvalue weighted by Crippen LogP contribution is -2.14. The number of aromatic nitrogens is 2. The summed E-state index contributed by atoms with van der Waals surface area (Å²) in [6.07, 6.45) is 0. The Balaban J connectivity index is 1.65. The first kappa shape index (κ1) is 18.3. The van der Waals surface area contributed by atoms with Crippen LogP contribution in [0, 0.1) is 33.5 Å². The maximum atomic E-state index is 13.4. The molecule has 0 aliphatic carbocycles. The molecule has 1 heterocycles. The predicted octanol–water partition coefficient (Wildman–Crippen LogP) is 4.59. The molecule has 3 rings (SSSR count). The molecule has 0 amide bonds. The predicted molar refractivity (Wildman–Crippen MR) is 104 cm³/mol. The van der Waals surface area contributed by atoms with E-state index in [1.807, 2.05) is 12.1 Å². The standard InChI is InChI=1S/C22H26FN3/c1-15-5-7-19(8-6-15)14-26-18(4)21(17(3)25-26)13-24-12-20-9-10-22(23)16(2)11-20/h5-11,24H,12-14H2,1-4H3. The van der Waals surface area contributed by atoms with E-state index in [0.29, 0.717) is 12.1 Å². The molecule has 3 nitrogen and oxygen atoms in total. The molecular weight excluding hydrogens is 325 g/mol. The summed E-state index contributed by atoms with van der Waals surface area (Å²) in [6, 6.07) is 13.8. The number of nitrogens with one attached hydrogen (secondary N) is 1. The summed E-state index contributed by atoms with van der Waals surface area (Å²) >= 11 is 0. The highest BCUT2D eigenvalue weighted by atomic mass is 19.1. The molecule has 2 aromatic carbocycles. The van der Waals surface area contributed by atoms with Crippen LogP contribution in [0.4, 0.5) is 4.39 Å². The van der Waals surface area contributed by atoms with Crippen LogP contribution in [0.5, 0.6) is 0 Å². The maximum absolute atomic E-state index is 13.4. The summed E-state index contributed by atoms with van der Waals surface area (Å²) < 4.78 is 15.4. The normalized spacial score (nSPS) is 11.1. The van der Waals surface area contributed by atoms with Gasteiger partial charge in [-0.15, -0.1) is 0 Å². The molecule has 1 N–H and O–H groups in total. The van der Waals surface area contributed by atoms with E-state index in [1.54, 1.807) is 6.92 Å². The fraction of sp³-hybridized carbons (Fsp3) is 0.318. The van der Waals surface area contributed by atoms with Gasteiger partial charge in [-0.25, -0.2) is 4.39 Å². The molecule has 0 saturated carbocycles. The van der Waals surface area contributed by atoms with Crippen molar-refractivity contribution in [3.63, 3.8) is 0 Å². The third-order valence-electron chi connectivity index (χ3n) is 4.84. The largest absolute Gasteiger partial charge is 0.308 e. The molecule has 0 aliphatic heterocycles. The van der Waals surface area contributed by atoms with Crippen LogP contribution in [0.25, 0.3) is 0 Å². The van der Waals surface area contributed by atoms with Crippen molar-refractivity contribution in [1.29, 1.82) is 0 Å². The summed E-state index contributed by atoms with van der Waals surface area (Å²) in [5.41, 5.74) is 7.76. The number of nitrogens with zero attached hydrogens (tertiary/aromatic N) is 2. The Labute approximate surface area is 154 Å². The van der Waals surface area contributed by atoms with E-state index in [9.17, 15) is 4.39 Å².